The molecule has 4 rings (SSSR count). The predicted octanol–water partition coefficient (Wildman–Crippen LogP) is 1.10. The molecule has 1 saturated heterocycles. The maximum absolute atomic E-state index is 12.5. The Labute approximate surface area is 167 Å². The number of aromatic nitrogens is 1. The van der Waals surface area contributed by atoms with E-state index >= 15 is 0 Å². The van der Waals surface area contributed by atoms with Gasteiger partial charge in [0.25, 0.3) is 17.7 Å². The highest BCUT2D eigenvalue weighted by Crippen LogP contribution is 2.22. The maximum Gasteiger partial charge on any atom is 0.262 e. The number of hydrogen-bond acceptors (Lipinski definition) is 5. The van der Waals surface area contributed by atoms with Gasteiger partial charge in [0.15, 0.2) is 0 Å². The van der Waals surface area contributed by atoms with Crippen LogP contribution in [0.3, 0.4) is 0 Å². The second-order valence-electron chi connectivity index (χ2n) is 7.11. The minimum atomic E-state index is -0.446. The number of nitrogens with zero attached hydrogens (tertiary/aromatic N) is 3. The number of likely N-dealkylation sites (tertiary alicyclic amines) is 1. The summed E-state index contributed by atoms with van der Waals surface area (Å²) in [6.07, 6.45) is 4.40. The van der Waals surface area contributed by atoms with Gasteiger partial charge >= 0.3 is 0 Å². The minimum absolute atomic E-state index is 0.0526. The molecule has 1 aromatic carbocycles. The highest BCUT2D eigenvalue weighted by Gasteiger charge is 2.36. The molecular formula is C21H20N4O4. The Bertz CT molecular complexity index is 933. The quantitative estimate of drug-likeness (QED) is 0.786. The SMILES string of the molecule is O=C(CN1C(=O)c2ccccc2C1=O)NC1CCN(C(=O)c2ccncc2)CC1. The monoisotopic (exact) mass is 392 g/mol. The molecule has 2 aliphatic rings. The van der Waals surface area contributed by atoms with Crippen molar-refractivity contribution in [3.05, 3.63) is 65.5 Å². The molecular weight excluding hydrogens is 372 g/mol. The van der Waals surface area contributed by atoms with Crippen molar-refractivity contribution < 1.29 is 19.2 Å². The molecule has 3 heterocycles. The third-order valence-electron chi connectivity index (χ3n) is 5.25. The van der Waals surface area contributed by atoms with Gasteiger partial charge in [-0.15, -0.1) is 0 Å². The molecule has 0 bridgehead atoms. The fourth-order valence-electron chi connectivity index (χ4n) is 3.70. The van der Waals surface area contributed by atoms with Gasteiger partial charge in [-0.05, 0) is 37.1 Å². The molecule has 8 nitrogen and oxygen atoms in total. The number of hydrogen-bond donors (Lipinski definition) is 1. The summed E-state index contributed by atoms with van der Waals surface area (Å²) in [5, 5.41) is 2.88. The van der Waals surface area contributed by atoms with E-state index in [1.807, 2.05) is 0 Å². The lowest BCUT2D eigenvalue weighted by Crippen LogP contribution is -2.49. The topological polar surface area (TPSA) is 99.7 Å². The smallest absolute Gasteiger partial charge is 0.262 e. The zero-order valence-corrected chi connectivity index (χ0v) is 15.7. The van der Waals surface area contributed by atoms with Crippen LogP contribution in [0.5, 0.6) is 0 Å². The van der Waals surface area contributed by atoms with E-state index in [-0.39, 0.29) is 24.4 Å². The molecule has 8 heteroatoms. The Hall–Kier alpha value is -3.55. The number of pyridine rings is 1. The largest absolute Gasteiger partial charge is 0.352 e. The summed E-state index contributed by atoms with van der Waals surface area (Å²) < 4.78 is 0. The third kappa shape index (κ3) is 3.73. The second kappa shape index (κ2) is 7.83. The van der Waals surface area contributed by atoms with E-state index in [1.54, 1.807) is 53.7 Å². The fourth-order valence-corrected chi connectivity index (χ4v) is 3.70. The summed E-state index contributed by atoms with van der Waals surface area (Å²) in [4.78, 5) is 56.2. The minimum Gasteiger partial charge on any atom is -0.352 e. The van der Waals surface area contributed by atoms with Crippen molar-refractivity contribution in [2.24, 2.45) is 0 Å². The van der Waals surface area contributed by atoms with E-state index in [2.05, 4.69) is 10.3 Å². The van der Waals surface area contributed by atoms with E-state index in [1.165, 1.54) is 0 Å². The van der Waals surface area contributed by atoms with Crippen molar-refractivity contribution in [2.75, 3.05) is 19.6 Å². The fraction of sp³-hybridized carbons (Fsp3) is 0.286. The lowest BCUT2D eigenvalue weighted by atomic mass is 10.0. The summed E-state index contributed by atoms with van der Waals surface area (Å²) >= 11 is 0. The zero-order chi connectivity index (χ0) is 20.4. The molecule has 0 saturated carbocycles. The van der Waals surface area contributed by atoms with Crippen LogP contribution in [-0.2, 0) is 4.79 Å². The van der Waals surface area contributed by atoms with Gasteiger partial charge in [-0.3, -0.25) is 29.1 Å². The Morgan fingerprint density at radius 1 is 0.966 bits per heavy atom. The van der Waals surface area contributed by atoms with Gasteiger partial charge in [-0.1, -0.05) is 12.1 Å². The summed E-state index contributed by atoms with van der Waals surface area (Å²) in [6, 6.07) is 9.81. The number of carbonyl (C=O) groups excluding carboxylic acids is 4. The standard InChI is InChI=1S/C21H20N4O4/c26-18(13-25-20(28)16-3-1-2-4-17(16)21(25)29)23-15-7-11-24(12-8-15)19(27)14-5-9-22-10-6-14/h1-6,9-10,15H,7-8,11-13H2,(H,23,26). The van der Waals surface area contributed by atoms with Gasteiger partial charge in [0.05, 0.1) is 11.1 Å². The molecule has 2 aliphatic heterocycles. The van der Waals surface area contributed by atoms with Crippen molar-refractivity contribution >= 4 is 23.6 Å². The van der Waals surface area contributed by atoms with Gasteiger partial charge in [0.2, 0.25) is 5.91 Å². The first kappa shape index (κ1) is 18.8. The molecule has 29 heavy (non-hydrogen) atoms. The summed E-state index contributed by atoms with van der Waals surface area (Å²) in [5.41, 5.74) is 1.24. The lowest BCUT2D eigenvalue weighted by Gasteiger charge is -2.32. The Kier molecular flexibility index (Phi) is 5.07. The van der Waals surface area contributed by atoms with Gasteiger partial charge in [-0.2, -0.15) is 0 Å². The van der Waals surface area contributed by atoms with Crippen molar-refractivity contribution in [2.45, 2.75) is 18.9 Å². The van der Waals surface area contributed by atoms with E-state index in [4.69, 9.17) is 0 Å². The number of carbonyl (C=O) groups is 4. The van der Waals surface area contributed by atoms with Crippen LogP contribution in [0.4, 0.5) is 0 Å². The van der Waals surface area contributed by atoms with Gasteiger partial charge in [-0.25, -0.2) is 0 Å². The van der Waals surface area contributed by atoms with Crippen LogP contribution in [-0.4, -0.2) is 64.1 Å². The van der Waals surface area contributed by atoms with Gasteiger partial charge < -0.3 is 10.2 Å². The molecule has 0 unspecified atom stereocenters. The number of piperidine rings is 1. The van der Waals surface area contributed by atoms with Crippen LogP contribution in [0.2, 0.25) is 0 Å². The Morgan fingerprint density at radius 2 is 1.55 bits per heavy atom. The van der Waals surface area contributed by atoms with E-state index in [0.29, 0.717) is 42.6 Å². The number of rotatable bonds is 4. The number of amides is 4. The third-order valence-corrected chi connectivity index (χ3v) is 5.25. The van der Waals surface area contributed by atoms with Gasteiger partial charge in [0, 0.05) is 37.1 Å². The zero-order valence-electron chi connectivity index (χ0n) is 15.7. The Morgan fingerprint density at radius 3 is 2.14 bits per heavy atom. The molecule has 0 radical (unpaired) electrons. The first-order valence-electron chi connectivity index (χ1n) is 9.48. The summed E-state index contributed by atoms with van der Waals surface area (Å²) in [6.45, 7) is 0.751. The van der Waals surface area contributed by atoms with Crippen molar-refractivity contribution in [1.82, 2.24) is 20.1 Å². The van der Waals surface area contributed by atoms with Crippen LogP contribution in [0.15, 0.2) is 48.8 Å². The van der Waals surface area contributed by atoms with Crippen LogP contribution in [0, 0.1) is 0 Å². The molecule has 0 spiro atoms. The number of imide groups is 1. The number of benzene rings is 1. The van der Waals surface area contributed by atoms with E-state index in [0.717, 1.165) is 4.90 Å². The van der Waals surface area contributed by atoms with E-state index in [9.17, 15) is 19.2 Å². The van der Waals surface area contributed by atoms with Crippen LogP contribution in [0.25, 0.3) is 0 Å². The van der Waals surface area contributed by atoms with Crippen molar-refractivity contribution in [3.8, 4) is 0 Å². The van der Waals surface area contributed by atoms with Crippen LogP contribution >= 0.6 is 0 Å². The molecule has 1 aromatic heterocycles. The van der Waals surface area contributed by atoms with Crippen molar-refractivity contribution in [3.63, 3.8) is 0 Å². The second-order valence-corrected chi connectivity index (χ2v) is 7.11. The maximum atomic E-state index is 12.5. The molecule has 0 atom stereocenters. The first-order chi connectivity index (χ1) is 14.0. The molecule has 2 aromatic rings. The molecule has 1 fully saturated rings. The molecule has 4 amide bonds. The lowest BCUT2D eigenvalue weighted by molar-refractivity contribution is -0.122. The normalized spacial score (nSPS) is 16.7. The molecule has 148 valence electrons. The number of nitrogens with one attached hydrogen (secondary N) is 1. The van der Waals surface area contributed by atoms with Crippen LogP contribution < -0.4 is 5.32 Å². The highest BCUT2D eigenvalue weighted by atomic mass is 16.2. The molecule has 0 aliphatic carbocycles. The molecule has 1 N–H and O–H groups in total. The van der Waals surface area contributed by atoms with Gasteiger partial charge in [0.1, 0.15) is 6.54 Å². The van der Waals surface area contributed by atoms with E-state index < -0.39 is 11.8 Å². The average Bonchev–Trinajstić information content (AvgIpc) is 2.99. The highest BCUT2D eigenvalue weighted by molar-refractivity contribution is 6.22. The summed E-state index contributed by atoms with van der Waals surface area (Å²) in [7, 11) is 0. The predicted molar refractivity (Wildman–Crippen MR) is 103 cm³/mol. The van der Waals surface area contributed by atoms with Crippen molar-refractivity contribution in [1.29, 1.82) is 0 Å². The Balaban J connectivity index is 1.29. The first-order valence-corrected chi connectivity index (χ1v) is 9.48. The number of fused-ring (bicyclic) bond motifs is 1. The van der Waals surface area contributed by atoms with Crippen LogP contribution in [0.1, 0.15) is 43.9 Å². The average molecular weight is 392 g/mol. The summed E-state index contributed by atoms with van der Waals surface area (Å²) in [5.74, 6) is -1.32.